The van der Waals surface area contributed by atoms with E-state index >= 15 is 0 Å². The molecule has 0 saturated carbocycles. The molecule has 3 rings (SSSR count). The number of halogens is 1. The van der Waals surface area contributed by atoms with Crippen molar-refractivity contribution in [2.45, 2.75) is 13.5 Å². The molecule has 142 valence electrons. The first kappa shape index (κ1) is 20.6. The molecule has 0 aliphatic rings. The van der Waals surface area contributed by atoms with E-state index in [0.717, 1.165) is 45.3 Å². The first-order chi connectivity index (χ1) is 11.9. The van der Waals surface area contributed by atoms with Crippen molar-refractivity contribution in [3.05, 3.63) is 46.9 Å². The number of hydrogen-bond acceptors (Lipinski definition) is 5. The Labute approximate surface area is 158 Å². The molecule has 2 heterocycles. The standard InChI is InChI=1S/C16H19ClN3.CH4O4S/c1-11-15(10-20(2,3)4)19-9-8-12-13(16(19)18-11)6-5-7-14(12)17;1-5-6(2,3)4/h5-9H,10H2,1-4H3;1H3,(H,2,3,4)/q+1;/p-1. The second-order valence-corrected chi connectivity index (χ2v) is 8.43. The number of aromatic nitrogens is 2. The molecule has 3 aromatic rings. The minimum atomic E-state index is -4.41. The van der Waals surface area contributed by atoms with E-state index in [1.165, 1.54) is 5.69 Å². The third-order valence-corrected chi connectivity index (χ3v) is 4.46. The van der Waals surface area contributed by atoms with Crippen LogP contribution in [-0.2, 0) is 21.1 Å². The van der Waals surface area contributed by atoms with E-state index in [1.54, 1.807) is 0 Å². The molecule has 7 nitrogen and oxygen atoms in total. The lowest BCUT2D eigenvalue weighted by molar-refractivity contribution is -0.884. The number of rotatable bonds is 3. The first-order valence-corrected chi connectivity index (χ1v) is 9.51. The van der Waals surface area contributed by atoms with Crippen molar-refractivity contribution >= 4 is 38.4 Å². The zero-order chi connectivity index (χ0) is 19.7. The van der Waals surface area contributed by atoms with Crippen LogP contribution in [0.2, 0.25) is 5.02 Å². The van der Waals surface area contributed by atoms with Crippen LogP contribution >= 0.6 is 11.6 Å². The highest BCUT2D eigenvalue weighted by molar-refractivity contribution is 7.80. The van der Waals surface area contributed by atoms with E-state index in [4.69, 9.17) is 16.6 Å². The van der Waals surface area contributed by atoms with Crippen LogP contribution < -0.4 is 0 Å². The number of imidazole rings is 1. The van der Waals surface area contributed by atoms with Crippen molar-refractivity contribution in [2.24, 2.45) is 0 Å². The molecule has 0 unspecified atom stereocenters. The number of nitrogens with zero attached hydrogens (tertiary/aromatic N) is 3. The van der Waals surface area contributed by atoms with Gasteiger partial charge in [-0.05, 0) is 19.1 Å². The van der Waals surface area contributed by atoms with Crippen molar-refractivity contribution < 1.29 is 21.6 Å². The van der Waals surface area contributed by atoms with Crippen molar-refractivity contribution in [1.82, 2.24) is 9.38 Å². The molecule has 0 N–H and O–H groups in total. The summed E-state index contributed by atoms with van der Waals surface area (Å²) < 4.78 is 34.1. The Bertz CT molecular complexity index is 1040. The second-order valence-electron chi connectivity index (χ2n) is 6.88. The Morgan fingerprint density at radius 3 is 2.38 bits per heavy atom. The first-order valence-electron chi connectivity index (χ1n) is 7.79. The van der Waals surface area contributed by atoms with Crippen molar-refractivity contribution in [3.8, 4) is 0 Å². The molecule has 0 bridgehead atoms. The monoisotopic (exact) mass is 399 g/mol. The lowest BCUT2D eigenvalue weighted by atomic mass is 10.2. The van der Waals surface area contributed by atoms with Gasteiger partial charge in [-0.25, -0.2) is 13.4 Å². The molecule has 1 aromatic carbocycles. The minimum absolute atomic E-state index is 0.777. The number of hydrogen-bond donors (Lipinski definition) is 0. The highest BCUT2D eigenvalue weighted by Crippen LogP contribution is 2.28. The van der Waals surface area contributed by atoms with Crippen LogP contribution in [0, 0.1) is 6.92 Å². The molecule has 0 atom stereocenters. The number of aryl methyl sites for hydroxylation is 1. The molecule has 0 saturated heterocycles. The predicted octanol–water partition coefficient (Wildman–Crippen LogP) is 2.75. The fourth-order valence-electron chi connectivity index (χ4n) is 2.62. The fraction of sp³-hybridized carbons (Fsp3) is 0.353. The van der Waals surface area contributed by atoms with Gasteiger partial charge >= 0.3 is 0 Å². The SMILES string of the molecule is COS(=O)(=O)[O-].Cc1nc2c3cccc(Cl)c3ccn2c1C[N+](C)(C)C. The molecule has 0 fully saturated rings. The Hall–Kier alpha value is -1.71. The molecule has 0 spiro atoms. The van der Waals surface area contributed by atoms with Gasteiger partial charge in [-0.1, -0.05) is 23.7 Å². The summed E-state index contributed by atoms with van der Waals surface area (Å²) in [4.78, 5) is 4.76. The number of pyridine rings is 1. The Morgan fingerprint density at radius 2 is 1.85 bits per heavy atom. The van der Waals surface area contributed by atoms with Crippen molar-refractivity contribution in [1.29, 1.82) is 0 Å². The van der Waals surface area contributed by atoms with Gasteiger partial charge in [-0.2, -0.15) is 0 Å². The topological polar surface area (TPSA) is 83.7 Å². The third-order valence-electron chi connectivity index (χ3n) is 3.72. The van der Waals surface area contributed by atoms with Crippen molar-refractivity contribution in [2.75, 3.05) is 28.3 Å². The summed E-state index contributed by atoms with van der Waals surface area (Å²) >= 11 is 6.27. The quantitative estimate of drug-likeness (QED) is 0.384. The Morgan fingerprint density at radius 1 is 1.23 bits per heavy atom. The largest absolute Gasteiger partial charge is 0.726 e. The number of quaternary nitrogens is 1. The van der Waals surface area contributed by atoms with Gasteiger partial charge in [0, 0.05) is 22.0 Å². The van der Waals surface area contributed by atoms with Crippen LogP contribution in [0.5, 0.6) is 0 Å². The number of fused-ring (bicyclic) bond motifs is 3. The van der Waals surface area contributed by atoms with Crippen LogP contribution in [0.3, 0.4) is 0 Å². The van der Waals surface area contributed by atoms with Gasteiger partial charge in [0.15, 0.2) is 0 Å². The maximum Gasteiger partial charge on any atom is 0.217 e. The summed E-state index contributed by atoms with van der Waals surface area (Å²) in [5, 5.41) is 2.94. The third kappa shape index (κ3) is 4.93. The summed E-state index contributed by atoms with van der Waals surface area (Å²) in [6, 6.07) is 8.06. The average Bonchev–Trinajstić information content (AvgIpc) is 2.82. The van der Waals surface area contributed by atoms with Crippen LogP contribution in [0.15, 0.2) is 30.5 Å². The minimum Gasteiger partial charge on any atom is -0.726 e. The summed E-state index contributed by atoms with van der Waals surface area (Å²) in [7, 11) is 2.97. The van der Waals surface area contributed by atoms with Gasteiger partial charge < -0.3 is 9.04 Å². The smallest absolute Gasteiger partial charge is 0.217 e. The molecular weight excluding hydrogens is 378 g/mol. The van der Waals surface area contributed by atoms with E-state index in [-0.39, 0.29) is 0 Å². The van der Waals surface area contributed by atoms with Gasteiger partial charge in [0.25, 0.3) is 0 Å². The summed E-state index contributed by atoms with van der Waals surface area (Å²) in [6.07, 6.45) is 2.08. The summed E-state index contributed by atoms with van der Waals surface area (Å²) in [6.45, 7) is 3.02. The highest BCUT2D eigenvalue weighted by atomic mass is 35.5. The van der Waals surface area contributed by atoms with Gasteiger partial charge in [0.1, 0.15) is 17.9 Å². The maximum absolute atomic E-state index is 9.22. The van der Waals surface area contributed by atoms with E-state index in [1.807, 2.05) is 12.1 Å². The normalized spacial score (nSPS) is 12.3. The molecular formula is C17H22ClN3O4S. The Kier molecular flexibility index (Phi) is 5.94. The maximum atomic E-state index is 9.22. The summed E-state index contributed by atoms with van der Waals surface area (Å²) in [5.41, 5.74) is 3.34. The zero-order valence-corrected chi connectivity index (χ0v) is 16.9. The highest BCUT2D eigenvalue weighted by Gasteiger charge is 2.18. The van der Waals surface area contributed by atoms with E-state index in [2.05, 4.69) is 55.0 Å². The van der Waals surface area contributed by atoms with Gasteiger partial charge in [-0.15, -0.1) is 0 Å². The number of benzene rings is 1. The molecule has 0 radical (unpaired) electrons. The molecule has 9 heteroatoms. The van der Waals surface area contributed by atoms with Gasteiger partial charge in [-0.3, -0.25) is 8.58 Å². The fourth-order valence-corrected chi connectivity index (χ4v) is 2.86. The molecule has 0 amide bonds. The van der Waals surface area contributed by atoms with Crippen molar-refractivity contribution in [3.63, 3.8) is 0 Å². The lowest BCUT2D eigenvalue weighted by Crippen LogP contribution is -2.34. The van der Waals surface area contributed by atoms with E-state index in [0.29, 0.717) is 0 Å². The van der Waals surface area contributed by atoms with Gasteiger partial charge in [0.2, 0.25) is 10.4 Å². The zero-order valence-electron chi connectivity index (χ0n) is 15.4. The molecule has 0 aliphatic heterocycles. The van der Waals surface area contributed by atoms with Crippen LogP contribution in [0.1, 0.15) is 11.4 Å². The average molecular weight is 400 g/mol. The Balaban J connectivity index is 0.000000352. The lowest BCUT2D eigenvalue weighted by Gasteiger charge is -2.23. The van der Waals surface area contributed by atoms with Crippen LogP contribution in [0.25, 0.3) is 16.4 Å². The van der Waals surface area contributed by atoms with E-state index in [9.17, 15) is 13.0 Å². The molecule has 2 aromatic heterocycles. The van der Waals surface area contributed by atoms with Crippen LogP contribution in [0.4, 0.5) is 0 Å². The predicted molar refractivity (Wildman–Crippen MR) is 101 cm³/mol. The summed E-state index contributed by atoms with van der Waals surface area (Å²) in [5.74, 6) is 0. The van der Waals surface area contributed by atoms with Gasteiger partial charge in [0.05, 0.1) is 33.9 Å². The second kappa shape index (κ2) is 7.50. The molecule has 26 heavy (non-hydrogen) atoms. The van der Waals surface area contributed by atoms with E-state index < -0.39 is 10.4 Å². The van der Waals surface area contributed by atoms with Crippen LogP contribution in [-0.4, -0.2) is 55.1 Å². The molecule has 0 aliphatic carbocycles.